The highest BCUT2D eigenvalue weighted by Crippen LogP contribution is 2.20. The standard InChI is InChI=1S/C18H20N4OS/c1-3-22-12-16(9-15-10-19-21(2)11-15)17(23)20-18(22)24-13-14-7-5-4-6-8-14/h4-8,10-12H,3,9,13H2,1-2H3. The summed E-state index contributed by atoms with van der Waals surface area (Å²) >= 11 is 1.59. The maximum atomic E-state index is 12.4. The fourth-order valence-corrected chi connectivity index (χ4v) is 3.47. The van der Waals surface area contributed by atoms with Crippen LogP contribution in [0.5, 0.6) is 0 Å². The van der Waals surface area contributed by atoms with Crippen LogP contribution in [-0.4, -0.2) is 19.3 Å². The molecule has 2 aromatic heterocycles. The van der Waals surface area contributed by atoms with Gasteiger partial charge in [-0.1, -0.05) is 42.1 Å². The summed E-state index contributed by atoms with van der Waals surface area (Å²) in [4.78, 5) is 16.7. The lowest BCUT2D eigenvalue weighted by molar-refractivity contribution is 0.632. The molecule has 0 spiro atoms. The van der Waals surface area contributed by atoms with Crippen LogP contribution in [0.1, 0.15) is 23.6 Å². The van der Waals surface area contributed by atoms with Gasteiger partial charge in [0.25, 0.3) is 5.56 Å². The molecule has 124 valence electrons. The summed E-state index contributed by atoms with van der Waals surface area (Å²) in [5.41, 5.74) is 2.79. The second-order valence-electron chi connectivity index (χ2n) is 5.61. The molecule has 2 heterocycles. The summed E-state index contributed by atoms with van der Waals surface area (Å²) in [6, 6.07) is 10.2. The van der Waals surface area contributed by atoms with Gasteiger partial charge in [0.15, 0.2) is 5.16 Å². The van der Waals surface area contributed by atoms with E-state index in [4.69, 9.17) is 0 Å². The van der Waals surface area contributed by atoms with Crippen molar-refractivity contribution in [3.05, 3.63) is 76.0 Å². The second kappa shape index (κ2) is 7.49. The molecule has 0 amide bonds. The maximum Gasteiger partial charge on any atom is 0.277 e. The molecule has 0 radical (unpaired) electrons. The van der Waals surface area contributed by atoms with Crippen molar-refractivity contribution in [2.75, 3.05) is 0 Å². The molecule has 0 unspecified atom stereocenters. The molecule has 0 saturated heterocycles. The quantitative estimate of drug-likeness (QED) is 0.511. The summed E-state index contributed by atoms with van der Waals surface area (Å²) in [7, 11) is 1.87. The average Bonchev–Trinajstić information content (AvgIpc) is 3.01. The Balaban J connectivity index is 1.80. The van der Waals surface area contributed by atoms with E-state index in [0.29, 0.717) is 12.0 Å². The Kier molecular flexibility index (Phi) is 5.15. The lowest BCUT2D eigenvalue weighted by Crippen LogP contribution is -2.19. The lowest BCUT2D eigenvalue weighted by Gasteiger charge is -2.11. The molecule has 24 heavy (non-hydrogen) atoms. The second-order valence-corrected chi connectivity index (χ2v) is 6.56. The molecular formula is C18H20N4OS. The van der Waals surface area contributed by atoms with Gasteiger partial charge in [-0.05, 0) is 18.1 Å². The molecule has 6 heteroatoms. The third-order valence-electron chi connectivity index (χ3n) is 3.73. The van der Waals surface area contributed by atoms with Gasteiger partial charge in [-0.15, -0.1) is 0 Å². The largest absolute Gasteiger partial charge is 0.327 e. The van der Waals surface area contributed by atoms with Gasteiger partial charge in [0, 0.05) is 43.7 Å². The minimum absolute atomic E-state index is 0.154. The molecule has 0 bridgehead atoms. The lowest BCUT2D eigenvalue weighted by atomic mass is 10.1. The van der Waals surface area contributed by atoms with Crippen LogP contribution in [0.15, 0.2) is 58.9 Å². The monoisotopic (exact) mass is 340 g/mol. The number of rotatable bonds is 6. The van der Waals surface area contributed by atoms with E-state index >= 15 is 0 Å². The van der Waals surface area contributed by atoms with Gasteiger partial charge in [-0.25, -0.2) is 0 Å². The molecule has 0 saturated carbocycles. The third kappa shape index (κ3) is 3.94. The van der Waals surface area contributed by atoms with Crippen molar-refractivity contribution in [2.45, 2.75) is 30.8 Å². The van der Waals surface area contributed by atoms with Gasteiger partial charge < -0.3 is 4.57 Å². The number of nitrogens with zero attached hydrogens (tertiary/aromatic N) is 4. The first kappa shape index (κ1) is 16.5. The number of benzene rings is 1. The Morgan fingerprint density at radius 3 is 2.58 bits per heavy atom. The zero-order valence-corrected chi connectivity index (χ0v) is 14.7. The van der Waals surface area contributed by atoms with Crippen molar-refractivity contribution in [1.29, 1.82) is 0 Å². The van der Waals surface area contributed by atoms with Crippen LogP contribution in [-0.2, 0) is 25.8 Å². The zero-order chi connectivity index (χ0) is 16.9. The van der Waals surface area contributed by atoms with Crippen LogP contribution in [0.3, 0.4) is 0 Å². The van der Waals surface area contributed by atoms with Crippen LogP contribution >= 0.6 is 11.8 Å². The van der Waals surface area contributed by atoms with Crippen LogP contribution in [0, 0.1) is 0 Å². The van der Waals surface area contributed by atoms with Crippen molar-refractivity contribution in [3.63, 3.8) is 0 Å². The third-order valence-corrected chi connectivity index (χ3v) is 4.80. The Morgan fingerprint density at radius 2 is 1.92 bits per heavy atom. The topological polar surface area (TPSA) is 52.7 Å². The summed E-state index contributed by atoms with van der Waals surface area (Å²) < 4.78 is 3.78. The molecule has 0 N–H and O–H groups in total. The van der Waals surface area contributed by atoms with E-state index in [1.807, 2.05) is 42.2 Å². The van der Waals surface area contributed by atoms with Gasteiger partial charge in [0.2, 0.25) is 0 Å². The highest BCUT2D eigenvalue weighted by Gasteiger charge is 2.10. The summed E-state index contributed by atoms with van der Waals surface area (Å²) in [5, 5.41) is 4.91. The predicted molar refractivity (Wildman–Crippen MR) is 96.2 cm³/mol. The van der Waals surface area contributed by atoms with Gasteiger partial charge in [0.05, 0.1) is 6.20 Å². The van der Waals surface area contributed by atoms with Crippen LogP contribution in [0.4, 0.5) is 0 Å². The van der Waals surface area contributed by atoms with Crippen molar-refractivity contribution in [2.24, 2.45) is 7.05 Å². The Hall–Kier alpha value is -2.34. The first-order chi connectivity index (χ1) is 11.7. The van der Waals surface area contributed by atoms with Crippen molar-refractivity contribution in [3.8, 4) is 0 Å². The van der Waals surface area contributed by atoms with E-state index in [1.54, 1.807) is 22.6 Å². The Labute approximate surface area is 145 Å². The average molecular weight is 340 g/mol. The molecular weight excluding hydrogens is 320 g/mol. The summed E-state index contributed by atoms with van der Waals surface area (Å²) in [6.07, 6.45) is 6.19. The molecule has 3 rings (SSSR count). The highest BCUT2D eigenvalue weighted by molar-refractivity contribution is 7.98. The van der Waals surface area contributed by atoms with E-state index in [-0.39, 0.29) is 5.56 Å². The van der Waals surface area contributed by atoms with Crippen LogP contribution in [0.2, 0.25) is 0 Å². The molecule has 0 aliphatic heterocycles. The first-order valence-corrected chi connectivity index (χ1v) is 8.89. The number of thioether (sulfide) groups is 1. The SMILES string of the molecule is CCn1cc(Cc2cnn(C)c2)c(=O)nc1SCc1ccccc1. The normalized spacial score (nSPS) is 10.9. The van der Waals surface area contributed by atoms with Gasteiger partial charge >= 0.3 is 0 Å². The van der Waals surface area contributed by atoms with E-state index < -0.39 is 0 Å². The fourth-order valence-electron chi connectivity index (χ4n) is 2.49. The van der Waals surface area contributed by atoms with E-state index in [2.05, 4.69) is 29.1 Å². The molecule has 0 atom stereocenters. The first-order valence-electron chi connectivity index (χ1n) is 7.90. The smallest absolute Gasteiger partial charge is 0.277 e. The van der Waals surface area contributed by atoms with Crippen LogP contribution in [0.25, 0.3) is 0 Å². The molecule has 0 aliphatic carbocycles. The summed E-state index contributed by atoms with van der Waals surface area (Å²) in [6.45, 7) is 2.84. The van der Waals surface area contributed by atoms with Crippen molar-refractivity contribution in [1.82, 2.24) is 19.3 Å². The van der Waals surface area contributed by atoms with Gasteiger partial charge in [-0.2, -0.15) is 10.1 Å². The molecule has 3 aromatic rings. The minimum Gasteiger partial charge on any atom is -0.327 e. The van der Waals surface area contributed by atoms with Gasteiger partial charge in [0.1, 0.15) is 0 Å². The molecule has 0 fully saturated rings. The van der Waals surface area contributed by atoms with E-state index in [1.165, 1.54) is 5.56 Å². The molecule has 5 nitrogen and oxygen atoms in total. The Bertz CT molecular complexity index is 870. The zero-order valence-electron chi connectivity index (χ0n) is 13.8. The van der Waals surface area contributed by atoms with Gasteiger partial charge in [-0.3, -0.25) is 9.48 Å². The van der Waals surface area contributed by atoms with Crippen molar-refractivity contribution < 1.29 is 0 Å². The number of aromatic nitrogens is 4. The highest BCUT2D eigenvalue weighted by atomic mass is 32.2. The number of hydrogen-bond donors (Lipinski definition) is 0. The van der Waals surface area contributed by atoms with Crippen molar-refractivity contribution >= 4 is 11.8 Å². The fraction of sp³-hybridized carbons (Fsp3) is 0.278. The Morgan fingerprint density at radius 1 is 1.12 bits per heavy atom. The predicted octanol–water partition coefficient (Wildman–Crippen LogP) is 2.88. The number of hydrogen-bond acceptors (Lipinski definition) is 4. The van der Waals surface area contributed by atoms with E-state index in [9.17, 15) is 4.79 Å². The molecule has 0 aliphatic rings. The molecule has 1 aromatic carbocycles. The summed E-state index contributed by atoms with van der Waals surface area (Å²) in [5.74, 6) is 0.801. The van der Waals surface area contributed by atoms with E-state index in [0.717, 1.165) is 23.0 Å². The minimum atomic E-state index is -0.154. The van der Waals surface area contributed by atoms with Crippen LogP contribution < -0.4 is 5.56 Å². The maximum absolute atomic E-state index is 12.4. The number of aryl methyl sites for hydroxylation is 2.